The second-order valence-corrected chi connectivity index (χ2v) is 12.4. The van der Waals surface area contributed by atoms with Crippen LogP contribution in [0.3, 0.4) is 0 Å². The third-order valence-electron chi connectivity index (χ3n) is 5.77. The number of carbonyl (C=O) groups excluding carboxylic acids is 3. The first kappa shape index (κ1) is 30.1. The highest BCUT2D eigenvalue weighted by atomic mass is 35.5. The van der Waals surface area contributed by atoms with Crippen molar-refractivity contribution < 1.29 is 32.7 Å². The Labute approximate surface area is 221 Å². The lowest BCUT2D eigenvalue weighted by Crippen LogP contribution is -2.58. The van der Waals surface area contributed by atoms with Crippen LogP contribution in [0.1, 0.15) is 50.4 Å². The molecule has 0 saturated carbocycles. The quantitative estimate of drug-likeness (QED) is 0.331. The van der Waals surface area contributed by atoms with Gasteiger partial charge in [-0.15, -0.1) is 0 Å². The van der Waals surface area contributed by atoms with Crippen molar-refractivity contribution in [2.75, 3.05) is 18.5 Å². The molecule has 1 fully saturated rings. The zero-order valence-electron chi connectivity index (χ0n) is 21.2. The summed E-state index contributed by atoms with van der Waals surface area (Å²) in [5.74, 6) is -2.86. The molecule has 0 bridgehead atoms. The van der Waals surface area contributed by atoms with Gasteiger partial charge in [-0.25, -0.2) is 8.42 Å². The summed E-state index contributed by atoms with van der Waals surface area (Å²) in [6, 6.07) is 1.37. The van der Waals surface area contributed by atoms with Gasteiger partial charge < -0.3 is 26.4 Å². The molecule has 0 spiro atoms. The molecule has 1 aromatic rings. The number of sulfone groups is 1. The lowest BCUT2D eigenvalue weighted by Gasteiger charge is -2.35. The zero-order valence-corrected chi connectivity index (χ0v) is 22.7. The van der Waals surface area contributed by atoms with Crippen molar-refractivity contribution in [3.8, 4) is 0 Å². The number of nitrogens with zero attached hydrogens (tertiary/aromatic N) is 1. The van der Waals surface area contributed by atoms with Crippen molar-refractivity contribution in [3.05, 3.63) is 40.3 Å². The summed E-state index contributed by atoms with van der Waals surface area (Å²) in [4.78, 5) is 52.2. The molecule has 3 amide bonds. The maximum Gasteiger partial charge on any atom is 0.305 e. The van der Waals surface area contributed by atoms with Crippen LogP contribution in [-0.2, 0) is 24.2 Å². The number of halogens is 1. The number of anilines is 1. The average molecular weight is 557 g/mol. The molecule has 1 aromatic carbocycles. The summed E-state index contributed by atoms with van der Waals surface area (Å²) in [5.41, 5.74) is 5.50. The normalized spacial score (nSPS) is 17.9. The Morgan fingerprint density at radius 1 is 1.24 bits per heavy atom. The minimum atomic E-state index is -3.55. The number of amides is 3. The number of aliphatic carboxylic acids is 1. The number of hydrogen-bond donors (Lipinski definition) is 4. The first-order valence-corrected chi connectivity index (χ1v) is 13.9. The average Bonchev–Trinajstić information content (AvgIpc) is 3.25. The fraction of sp³-hybridized carbons (Fsp3) is 0.500. The van der Waals surface area contributed by atoms with Crippen LogP contribution in [0, 0.1) is 5.41 Å². The number of benzene rings is 1. The predicted molar refractivity (Wildman–Crippen MR) is 139 cm³/mol. The van der Waals surface area contributed by atoms with Crippen LogP contribution in [-0.4, -0.2) is 73.0 Å². The number of carboxylic acid groups (broad SMARTS) is 1. The highest BCUT2D eigenvalue weighted by Gasteiger charge is 2.42. The summed E-state index contributed by atoms with van der Waals surface area (Å²) in [7, 11) is -3.55. The van der Waals surface area contributed by atoms with Crippen molar-refractivity contribution in [3.63, 3.8) is 0 Å². The molecule has 3 atom stereocenters. The summed E-state index contributed by atoms with van der Waals surface area (Å²) < 4.78 is 22.9. The van der Waals surface area contributed by atoms with Crippen molar-refractivity contribution >= 4 is 50.8 Å². The Morgan fingerprint density at radius 2 is 1.89 bits per heavy atom. The molecular weight excluding hydrogens is 524 g/mol. The Hall–Kier alpha value is -3.12. The molecule has 1 aliphatic rings. The topological polar surface area (TPSA) is 176 Å². The number of nitrogens with two attached hydrogens (primary N) is 1. The van der Waals surface area contributed by atoms with Crippen LogP contribution >= 0.6 is 11.6 Å². The third kappa shape index (κ3) is 8.74. The third-order valence-corrected chi connectivity index (χ3v) is 6.75. The fourth-order valence-corrected chi connectivity index (χ4v) is 4.53. The maximum absolute atomic E-state index is 13.6. The Morgan fingerprint density at radius 3 is 2.43 bits per heavy atom. The minimum absolute atomic E-state index is 0.198. The molecule has 1 saturated heterocycles. The molecule has 13 heteroatoms. The summed E-state index contributed by atoms with van der Waals surface area (Å²) in [5, 5.41) is 15.4. The number of carbonyl (C=O) groups is 4. The van der Waals surface area contributed by atoms with Gasteiger partial charge in [0.05, 0.1) is 23.2 Å². The predicted octanol–water partition coefficient (Wildman–Crippen LogP) is 1.58. The highest BCUT2D eigenvalue weighted by Crippen LogP contribution is 2.27. The first-order chi connectivity index (χ1) is 17.0. The van der Waals surface area contributed by atoms with E-state index in [1.165, 1.54) is 23.1 Å². The van der Waals surface area contributed by atoms with Crippen molar-refractivity contribution in [2.24, 2.45) is 5.41 Å². The molecule has 0 aromatic heterocycles. The van der Waals surface area contributed by atoms with E-state index < -0.39 is 63.5 Å². The minimum Gasteiger partial charge on any atom is -0.481 e. The molecular formula is C24H33ClN4O7S. The lowest BCUT2D eigenvalue weighted by atomic mass is 9.85. The van der Waals surface area contributed by atoms with Gasteiger partial charge in [0.2, 0.25) is 11.8 Å². The molecule has 0 aliphatic carbocycles. The summed E-state index contributed by atoms with van der Waals surface area (Å²) in [6.07, 6.45) is 2.35. The van der Waals surface area contributed by atoms with Gasteiger partial charge in [0.25, 0.3) is 5.91 Å². The SMILES string of the molecule is CC(C)(C)[C@@H](NC(=O)c1ccc(N)c(Cl)c1)C(=O)N1CCC[C@@H]1C(=O)N[C@H](/C=C/S(C)(=O)=O)CC(=O)O. The number of carboxylic acids is 1. The van der Waals surface area contributed by atoms with Crippen molar-refractivity contribution in [1.82, 2.24) is 15.5 Å². The van der Waals surface area contributed by atoms with E-state index in [0.29, 0.717) is 18.5 Å². The van der Waals surface area contributed by atoms with Crippen LogP contribution in [0.2, 0.25) is 5.02 Å². The van der Waals surface area contributed by atoms with Gasteiger partial charge in [-0.05, 0) is 36.5 Å². The summed E-state index contributed by atoms with van der Waals surface area (Å²) >= 11 is 6.03. The van der Waals surface area contributed by atoms with Crippen LogP contribution in [0.25, 0.3) is 0 Å². The number of nitrogens with one attached hydrogen (secondary N) is 2. The van der Waals surface area contributed by atoms with E-state index >= 15 is 0 Å². The highest BCUT2D eigenvalue weighted by molar-refractivity contribution is 7.93. The molecule has 11 nitrogen and oxygen atoms in total. The molecule has 2 rings (SSSR count). The Bertz CT molecular complexity index is 1190. The number of likely N-dealkylation sites (tertiary alicyclic amines) is 1. The number of hydrogen-bond acceptors (Lipinski definition) is 7. The van der Waals surface area contributed by atoms with Crippen molar-refractivity contribution in [2.45, 2.75) is 58.2 Å². The van der Waals surface area contributed by atoms with E-state index in [1.54, 1.807) is 20.8 Å². The van der Waals surface area contributed by atoms with Gasteiger partial charge in [-0.1, -0.05) is 38.4 Å². The van der Waals surface area contributed by atoms with Gasteiger partial charge in [0, 0.05) is 23.8 Å². The van der Waals surface area contributed by atoms with Gasteiger partial charge in [0.15, 0.2) is 9.84 Å². The van der Waals surface area contributed by atoms with E-state index in [1.807, 2.05) is 0 Å². The molecule has 0 unspecified atom stereocenters. The van der Waals surface area contributed by atoms with Gasteiger partial charge in [-0.3, -0.25) is 19.2 Å². The smallest absolute Gasteiger partial charge is 0.305 e. The second-order valence-electron chi connectivity index (χ2n) is 10.1. The van der Waals surface area contributed by atoms with E-state index in [0.717, 1.165) is 17.7 Å². The monoisotopic (exact) mass is 556 g/mol. The molecule has 1 aliphatic heterocycles. The molecule has 37 heavy (non-hydrogen) atoms. The zero-order chi connectivity index (χ0) is 28.1. The van der Waals surface area contributed by atoms with E-state index in [9.17, 15) is 27.6 Å². The fourth-order valence-electron chi connectivity index (χ4n) is 3.87. The molecule has 204 valence electrons. The van der Waals surface area contributed by atoms with Crippen LogP contribution in [0.4, 0.5) is 5.69 Å². The number of rotatable bonds is 9. The number of nitrogen functional groups attached to an aromatic ring is 1. The maximum atomic E-state index is 13.6. The Kier molecular flexibility index (Phi) is 9.72. The second kappa shape index (κ2) is 12.0. The standard InChI is InChI=1S/C24H33ClN4O7S/c1-24(2,3)20(28-21(32)14-7-8-17(26)16(25)12-14)23(34)29-10-5-6-18(29)22(33)27-15(13-19(30)31)9-11-37(4,35)36/h7-9,11-12,15,18,20H,5-6,10,13,26H2,1-4H3,(H,27,33)(H,28,32)(H,30,31)/b11-9+/t15-,18-,20+/m1/s1. The summed E-state index contributed by atoms with van der Waals surface area (Å²) in [6.45, 7) is 5.58. The van der Waals surface area contributed by atoms with Crippen molar-refractivity contribution in [1.29, 1.82) is 0 Å². The lowest BCUT2D eigenvalue weighted by molar-refractivity contribution is -0.142. The molecule has 5 N–H and O–H groups in total. The molecule has 1 heterocycles. The molecule has 0 radical (unpaired) electrons. The van der Waals surface area contributed by atoms with E-state index in [4.69, 9.17) is 22.4 Å². The van der Waals surface area contributed by atoms with Crippen LogP contribution in [0.15, 0.2) is 29.7 Å². The van der Waals surface area contributed by atoms with Gasteiger partial charge in [0.1, 0.15) is 12.1 Å². The van der Waals surface area contributed by atoms with Gasteiger partial charge in [-0.2, -0.15) is 0 Å². The van der Waals surface area contributed by atoms with Crippen LogP contribution in [0.5, 0.6) is 0 Å². The Balaban J connectivity index is 2.24. The first-order valence-electron chi connectivity index (χ1n) is 11.6. The van der Waals surface area contributed by atoms with E-state index in [2.05, 4.69) is 10.6 Å². The largest absolute Gasteiger partial charge is 0.481 e. The van der Waals surface area contributed by atoms with Crippen LogP contribution < -0.4 is 16.4 Å². The van der Waals surface area contributed by atoms with E-state index in [-0.39, 0.29) is 17.1 Å². The van der Waals surface area contributed by atoms with Gasteiger partial charge >= 0.3 is 5.97 Å².